The predicted molar refractivity (Wildman–Crippen MR) is 97.9 cm³/mol. The van der Waals surface area contributed by atoms with Gasteiger partial charge in [0.2, 0.25) is 0 Å². The molecule has 0 heterocycles. The Hall–Kier alpha value is -0.300. The quantitative estimate of drug-likeness (QED) is 0.340. The zero-order chi connectivity index (χ0) is 15.9. The average Bonchev–Trinajstić information content (AvgIpc) is 2.52. The largest absolute Gasteiger partial charge is 0.299 e. The highest BCUT2D eigenvalue weighted by molar-refractivity contribution is 4.83. The lowest BCUT2D eigenvalue weighted by Gasteiger charge is -2.29. The Morgan fingerprint density at radius 2 is 1.29 bits per heavy atom. The van der Waals surface area contributed by atoms with Gasteiger partial charge in [0.1, 0.15) is 0 Å². The summed E-state index contributed by atoms with van der Waals surface area (Å²) in [6.45, 7) is 15.2. The molecule has 0 aromatic carbocycles. The Morgan fingerprint density at radius 3 is 1.62 bits per heavy atom. The molecule has 2 atom stereocenters. The summed E-state index contributed by atoms with van der Waals surface area (Å²) in [7, 11) is 0. The number of hydrogen-bond acceptors (Lipinski definition) is 1. The van der Waals surface area contributed by atoms with E-state index in [-0.39, 0.29) is 0 Å². The van der Waals surface area contributed by atoms with E-state index in [0.717, 1.165) is 18.4 Å². The van der Waals surface area contributed by atoms with Gasteiger partial charge in [-0.3, -0.25) is 4.90 Å². The topological polar surface area (TPSA) is 3.24 Å². The van der Waals surface area contributed by atoms with Crippen LogP contribution in [0.15, 0.2) is 12.2 Å². The summed E-state index contributed by atoms with van der Waals surface area (Å²) in [5.74, 6) is 1.78. The van der Waals surface area contributed by atoms with Crippen LogP contribution in [0.25, 0.3) is 0 Å². The third-order valence-corrected chi connectivity index (χ3v) is 4.72. The minimum atomic E-state index is 0.888. The van der Waals surface area contributed by atoms with Gasteiger partial charge in [-0.2, -0.15) is 0 Å². The Kier molecular flexibility index (Phi) is 14.4. The zero-order valence-corrected chi connectivity index (χ0v) is 15.5. The first-order chi connectivity index (χ1) is 10.2. The van der Waals surface area contributed by atoms with E-state index in [4.69, 9.17) is 0 Å². The molecule has 0 N–H and O–H groups in total. The molecule has 1 heteroatoms. The van der Waals surface area contributed by atoms with Gasteiger partial charge in [-0.25, -0.2) is 0 Å². The smallest absolute Gasteiger partial charge is 0.0163 e. The molecule has 0 amide bonds. The third-order valence-electron chi connectivity index (χ3n) is 4.72. The highest BCUT2D eigenvalue weighted by Crippen LogP contribution is 2.18. The summed E-state index contributed by atoms with van der Waals surface area (Å²) < 4.78 is 0. The van der Waals surface area contributed by atoms with Gasteiger partial charge in [0.25, 0.3) is 0 Å². The predicted octanol–water partition coefficient (Wildman–Crippen LogP) is 6.30. The van der Waals surface area contributed by atoms with Gasteiger partial charge in [-0.15, -0.1) is 0 Å². The lowest BCUT2D eigenvalue weighted by Crippen LogP contribution is -2.34. The number of rotatable bonds is 14. The Labute approximate surface area is 135 Å². The lowest BCUT2D eigenvalue weighted by atomic mass is 9.95. The molecule has 0 bridgehead atoms. The minimum Gasteiger partial charge on any atom is -0.299 e. The monoisotopic (exact) mass is 295 g/mol. The normalized spacial score (nSPS) is 15.0. The molecule has 0 aliphatic heterocycles. The van der Waals surface area contributed by atoms with Crippen molar-refractivity contribution in [2.24, 2.45) is 11.8 Å². The van der Waals surface area contributed by atoms with Gasteiger partial charge in [-0.1, -0.05) is 78.4 Å². The van der Waals surface area contributed by atoms with Crippen molar-refractivity contribution in [3.63, 3.8) is 0 Å². The number of hydrogen-bond donors (Lipinski definition) is 0. The maximum atomic E-state index is 2.72. The summed E-state index contributed by atoms with van der Waals surface area (Å²) in [5.41, 5.74) is 0. The van der Waals surface area contributed by atoms with Crippen molar-refractivity contribution >= 4 is 0 Å². The molecule has 0 spiro atoms. The second-order valence-corrected chi connectivity index (χ2v) is 6.62. The number of allylic oxidation sites excluding steroid dienone is 1. The van der Waals surface area contributed by atoms with Crippen LogP contribution in [0.4, 0.5) is 0 Å². The SMILES string of the molecule is CC=CCN(CC(CC)CCCC)CC(CC)CCCC. The van der Waals surface area contributed by atoms with Crippen LogP contribution in [-0.2, 0) is 0 Å². The average molecular weight is 296 g/mol. The molecular formula is C20H41N. The van der Waals surface area contributed by atoms with Gasteiger partial charge in [0, 0.05) is 19.6 Å². The maximum absolute atomic E-state index is 2.72. The van der Waals surface area contributed by atoms with Crippen molar-refractivity contribution in [3.8, 4) is 0 Å². The first-order valence-corrected chi connectivity index (χ1v) is 9.55. The van der Waals surface area contributed by atoms with E-state index in [9.17, 15) is 0 Å². The molecule has 1 nitrogen and oxygen atoms in total. The van der Waals surface area contributed by atoms with Crippen LogP contribution >= 0.6 is 0 Å². The fourth-order valence-corrected chi connectivity index (χ4v) is 3.04. The molecule has 0 saturated heterocycles. The zero-order valence-electron chi connectivity index (χ0n) is 15.5. The van der Waals surface area contributed by atoms with Crippen LogP contribution in [0.3, 0.4) is 0 Å². The van der Waals surface area contributed by atoms with Gasteiger partial charge in [0.15, 0.2) is 0 Å². The lowest BCUT2D eigenvalue weighted by molar-refractivity contribution is 0.197. The van der Waals surface area contributed by atoms with Crippen LogP contribution < -0.4 is 0 Å². The van der Waals surface area contributed by atoms with Crippen LogP contribution in [0.2, 0.25) is 0 Å². The Balaban J connectivity index is 4.45. The van der Waals surface area contributed by atoms with Crippen molar-refractivity contribution in [2.75, 3.05) is 19.6 Å². The highest BCUT2D eigenvalue weighted by atomic mass is 15.1. The van der Waals surface area contributed by atoms with Crippen molar-refractivity contribution in [2.45, 2.75) is 86.0 Å². The summed E-state index contributed by atoms with van der Waals surface area (Å²) in [6, 6.07) is 0. The van der Waals surface area contributed by atoms with Crippen molar-refractivity contribution in [1.29, 1.82) is 0 Å². The van der Waals surface area contributed by atoms with Crippen LogP contribution in [0.5, 0.6) is 0 Å². The molecule has 0 rings (SSSR count). The summed E-state index contributed by atoms with van der Waals surface area (Å²) >= 11 is 0. The molecule has 0 aliphatic rings. The molecule has 0 aromatic heterocycles. The molecule has 21 heavy (non-hydrogen) atoms. The van der Waals surface area contributed by atoms with Crippen molar-refractivity contribution < 1.29 is 0 Å². The third kappa shape index (κ3) is 11.0. The van der Waals surface area contributed by atoms with Crippen LogP contribution in [0, 0.1) is 11.8 Å². The fraction of sp³-hybridized carbons (Fsp3) is 0.900. The number of unbranched alkanes of at least 4 members (excludes halogenated alkanes) is 2. The van der Waals surface area contributed by atoms with Crippen LogP contribution in [-0.4, -0.2) is 24.5 Å². The summed E-state index contributed by atoms with van der Waals surface area (Å²) in [5, 5.41) is 0. The molecule has 0 fully saturated rings. The van der Waals surface area contributed by atoms with Crippen molar-refractivity contribution in [1.82, 2.24) is 4.90 Å². The Bertz CT molecular complexity index is 216. The van der Waals surface area contributed by atoms with Crippen molar-refractivity contribution in [3.05, 3.63) is 12.2 Å². The highest BCUT2D eigenvalue weighted by Gasteiger charge is 2.15. The summed E-state index contributed by atoms with van der Waals surface area (Å²) in [4.78, 5) is 2.72. The van der Waals surface area contributed by atoms with E-state index in [2.05, 4.69) is 51.7 Å². The fourth-order valence-electron chi connectivity index (χ4n) is 3.04. The minimum absolute atomic E-state index is 0.888. The molecule has 0 saturated carbocycles. The van der Waals surface area contributed by atoms with E-state index >= 15 is 0 Å². The Morgan fingerprint density at radius 1 is 0.810 bits per heavy atom. The maximum Gasteiger partial charge on any atom is 0.0163 e. The number of nitrogens with zero attached hydrogens (tertiary/aromatic N) is 1. The van der Waals surface area contributed by atoms with Crippen LogP contribution in [0.1, 0.15) is 86.0 Å². The second kappa shape index (κ2) is 14.6. The van der Waals surface area contributed by atoms with E-state index in [1.54, 1.807) is 0 Å². The molecule has 0 radical (unpaired) electrons. The standard InChI is InChI=1S/C20H41N/c1-6-11-14-19(9-4)17-21(16-13-8-3)18-20(10-5)15-12-7-2/h8,13,19-20H,6-7,9-12,14-18H2,1-5H3. The van der Waals surface area contributed by atoms with E-state index in [1.807, 2.05) is 0 Å². The first-order valence-electron chi connectivity index (χ1n) is 9.55. The van der Waals surface area contributed by atoms with Gasteiger partial charge < -0.3 is 0 Å². The molecule has 0 aliphatic carbocycles. The second-order valence-electron chi connectivity index (χ2n) is 6.62. The van der Waals surface area contributed by atoms with E-state index in [1.165, 1.54) is 64.5 Å². The molecular weight excluding hydrogens is 254 g/mol. The first kappa shape index (κ1) is 20.7. The van der Waals surface area contributed by atoms with E-state index < -0.39 is 0 Å². The summed E-state index contributed by atoms with van der Waals surface area (Å²) in [6.07, 6.45) is 15.5. The van der Waals surface area contributed by atoms with Gasteiger partial charge in [-0.05, 0) is 31.6 Å². The van der Waals surface area contributed by atoms with Gasteiger partial charge in [0.05, 0.1) is 0 Å². The van der Waals surface area contributed by atoms with E-state index in [0.29, 0.717) is 0 Å². The van der Waals surface area contributed by atoms with Gasteiger partial charge >= 0.3 is 0 Å². The molecule has 126 valence electrons. The molecule has 2 unspecified atom stereocenters. The molecule has 0 aromatic rings.